The molecule has 2 heterocycles. The number of amides is 1. The summed E-state index contributed by atoms with van der Waals surface area (Å²) in [6.45, 7) is 3.93. The van der Waals surface area contributed by atoms with Gasteiger partial charge < -0.3 is 14.8 Å². The van der Waals surface area contributed by atoms with Gasteiger partial charge in [0.05, 0.1) is 6.26 Å². The number of rotatable bonds is 6. The molecule has 2 rings (SSSR count). The first-order chi connectivity index (χ1) is 9.61. The number of thiazole rings is 1. The molecule has 2 N–H and O–H groups in total. The molecule has 0 saturated carbocycles. The summed E-state index contributed by atoms with van der Waals surface area (Å²) in [5, 5.41) is 12.4. The number of carbonyl (C=O) groups excluding carboxylic acids is 1. The molecule has 1 atom stereocenters. The lowest BCUT2D eigenvalue weighted by molar-refractivity contribution is 0.0931. The highest BCUT2D eigenvalue weighted by atomic mass is 32.1. The van der Waals surface area contributed by atoms with Gasteiger partial charge in [0.25, 0.3) is 5.91 Å². The van der Waals surface area contributed by atoms with Gasteiger partial charge in [0, 0.05) is 17.5 Å². The van der Waals surface area contributed by atoms with Crippen LogP contribution in [0.4, 0.5) is 0 Å². The summed E-state index contributed by atoms with van der Waals surface area (Å²) in [6.07, 6.45) is 3.01. The molecule has 2 aromatic rings. The number of carbonyl (C=O) groups is 1. The average molecular weight is 294 g/mol. The van der Waals surface area contributed by atoms with Gasteiger partial charge in [0.2, 0.25) is 0 Å². The lowest BCUT2D eigenvalue weighted by Gasteiger charge is -2.12. The predicted molar refractivity (Wildman–Crippen MR) is 77.8 cm³/mol. The van der Waals surface area contributed by atoms with Gasteiger partial charge in [-0.2, -0.15) is 0 Å². The highest BCUT2D eigenvalue weighted by Crippen LogP contribution is 2.27. The monoisotopic (exact) mass is 294 g/mol. The van der Waals surface area contributed by atoms with Crippen molar-refractivity contribution >= 4 is 17.2 Å². The zero-order valence-electron chi connectivity index (χ0n) is 11.5. The van der Waals surface area contributed by atoms with Gasteiger partial charge in [0.15, 0.2) is 10.8 Å². The average Bonchev–Trinajstić information content (AvgIpc) is 3.04. The number of aliphatic hydroxyl groups excluding tert-OH is 1. The maximum atomic E-state index is 12.2. The molecule has 0 bridgehead atoms. The van der Waals surface area contributed by atoms with Crippen molar-refractivity contribution in [3.8, 4) is 10.8 Å². The van der Waals surface area contributed by atoms with Crippen LogP contribution >= 0.6 is 11.3 Å². The van der Waals surface area contributed by atoms with Crippen LogP contribution in [0.15, 0.2) is 22.8 Å². The van der Waals surface area contributed by atoms with Gasteiger partial charge >= 0.3 is 0 Å². The summed E-state index contributed by atoms with van der Waals surface area (Å²) in [4.78, 5) is 17.4. The Labute approximate surface area is 121 Å². The summed E-state index contributed by atoms with van der Waals surface area (Å²) in [5.74, 6) is 0.493. The fourth-order valence-corrected chi connectivity index (χ4v) is 2.75. The lowest BCUT2D eigenvalue weighted by Crippen LogP contribution is -2.33. The third-order valence-corrected chi connectivity index (χ3v) is 3.90. The number of furan rings is 1. The number of aryl methyl sites for hydroxylation is 1. The topological polar surface area (TPSA) is 75.4 Å². The molecule has 20 heavy (non-hydrogen) atoms. The van der Waals surface area contributed by atoms with Gasteiger partial charge in [0.1, 0.15) is 5.69 Å². The number of hydrogen-bond donors (Lipinski definition) is 2. The summed E-state index contributed by atoms with van der Waals surface area (Å²) >= 11 is 1.44. The Hall–Kier alpha value is -1.66. The van der Waals surface area contributed by atoms with Crippen molar-refractivity contribution in [3.63, 3.8) is 0 Å². The van der Waals surface area contributed by atoms with Gasteiger partial charge in [-0.15, -0.1) is 11.3 Å². The smallest absolute Gasteiger partial charge is 0.271 e. The molecule has 0 aliphatic rings. The van der Waals surface area contributed by atoms with Crippen LogP contribution in [0.5, 0.6) is 0 Å². The number of hydrogen-bond acceptors (Lipinski definition) is 5. The second-order valence-electron chi connectivity index (χ2n) is 4.64. The minimum atomic E-state index is -0.179. The van der Waals surface area contributed by atoms with E-state index in [1.165, 1.54) is 11.3 Å². The lowest BCUT2D eigenvalue weighted by atomic mass is 10.2. The summed E-state index contributed by atoms with van der Waals surface area (Å²) in [6, 6.07) is 3.63. The minimum absolute atomic E-state index is 0.0165. The number of aliphatic hydroxyl groups is 1. The summed E-state index contributed by atoms with van der Waals surface area (Å²) < 4.78 is 5.29. The molecule has 0 aliphatic carbocycles. The number of nitrogens with zero attached hydrogens (tertiary/aromatic N) is 1. The molecule has 6 heteroatoms. The molecule has 0 fully saturated rings. The predicted octanol–water partition coefficient (Wildman–Crippen LogP) is 2.60. The third kappa shape index (κ3) is 3.46. The molecule has 5 nitrogen and oxygen atoms in total. The van der Waals surface area contributed by atoms with Crippen LogP contribution in [0.2, 0.25) is 0 Å². The largest absolute Gasteiger partial charge is 0.462 e. The fourth-order valence-electron chi connectivity index (χ4n) is 1.87. The Morgan fingerprint density at radius 3 is 3.05 bits per heavy atom. The molecule has 0 saturated heterocycles. The molecule has 1 amide bonds. The standard InChI is InChI=1S/C14H18N2O3S/c1-9(5-3-7-17)15-13(18)12-10(2)20-14(16-12)11-6-4-8-19-11/h4,6,8-9,17H,3,5,7H2,1-2H3,(H,15,18). The zero-order chi connectivity index (χ0) is 14.5. The van der Waals surface area contributed by atoms with Crippen molar-refractivity contribution in [3.05, 3.63) is 29.0 Å². The van der Waals surface area contributed by atoms with E-state index in [1.54, 1.807) is 12.3 Å². The van der Waals surface area contributed by atoms with E-state index in [0.29, 0.717) is 22.9 Å². The van der Waals surface area contributed by atoms with E-state index < -0.39 is 0 Å². The van der Waals surface area contributed by atoms with Gasteiger partial charge in [-0.3, -0.25) is 4.79 Å². The van der Waals surface area contributed by atoms with Crippen molar-refractivity contribution in [2.45, 2.75) is 32.7 Å². The second-order valence-corrected chi connectivity index (χ2v) is 5.84. The van der Waals surface area contributed by atoms with Gasteiger partial charge in [-0.1, -0.05) is 0 Å². The molecule has 0 aliphatic heterocycles. The van der Waals surface area contributed by atoms with E-state index in [0.717, 1.165) is 11.3 Å². The summed E-state index contributed by atoms with van der Waals surface area (Å²) in [7, 11) is 0. The maximum absolute atomic E-state index is 12.2. The van der Waals surface area contributed by atoms with Crippen LogP contribution in [0.1, 0.15) is 35.1 Å². The Bertz CT molecular complexity index is 563. The normalized spacial score (nSPS) is 12.3. The van der Waals surface area contributed by atoms with Crippen LogP contribution in [0.3, 0.4) is 0 Å². The van der Waals surface area contributed by atoms with Crippen LogP contribution < -0.4 is 5.32 Å². The van der Waals surface area contributed by atoms with E-state index in [4.69, 9.17) is 9.52 Å². The Kier molecular flexibility index (Phi) is 4.92. The quantitative estimate of drug-likeness (QED) is 0.858. The van der Waals surface area contributed by atoms with Crippen molar-refractivity contribution in [1.29, 1.82) is 0 Å². The summed E-state index contributed by atoms with van der Waals surface area (Å²) in [5.41, 5.74) is 0.442. The molecule has 2 aromatic heterocycles. The van der Waals surface area contributed by atoms with Gasteiger partial charge in [-0.05, 0) is 38.8 Å². The van der Waals surface area contributed by atoms with E-state index in [-0.39, 0.29) is 18.6 Å². The Morgan fingerprint density at radius 1 is 1.60 bits per heavy atom. The van der Waals surface area contributed by atoms with Crippen LogP contribution in [0.25, 0.3) is 10.8 Å². The van der Waals surface area contributed by atoms with Crippen LogP contribution in [-0.2, 0) is 0 Å². The van der Waals surface area contributed by atoms with Crippen molar-refractivity contribution in [2.75, 3.05) is 6.61 Å². The number of nitrogens with one attached hydrogen (secondary N) is 1. The van der Waals surface area contributed by atoms with E-state index in [1.807, 2.05) is 19.9 Å². The molecule has 108 valence electrons. The van der Waals surface area contributed by atoms with Crippen LogP contribution in [0, 0.1) is 6.92 Å². The third-order valence-electron chi connectivity index (χ3n) is 2.92. The highest BCUT2D eigenvalue weighted by molar-refractivity contribution is 7.15. The van der Waals surface area contributed by atoms with Crippen molar-refractivity contribution in [2.24, 2.45) is 0 Å². The molecular formula is C14H18N2O3S. The number of aromatic nitrogens is 1. The highest BCUT2D eigenvalue weighted by Gasteiger charge is 2.18. The van der Waals surface area contributed by atoms with E-state index in [2.05, 4.69) is 10.3 Å². The molecule has 0 radical (unpaired) electrons. The molecule has 1 unspecified atom stereocenters. The van der Waals surface area contributed by atoms with E-state index >= 15 is 0 Å². The fraction of sp³-hybridized carbons (Fsp3) is 0.429. The zero-order valence-corrected chi connectivity index (χ0v) is 12.4. The second kappa shape index (κ2) is 6.67. The van der Waals surface area contributed by atoms with Crippen LogP contribution in [-0.4, -0.2) is 28.6 Å². The van der Waals surface area contributed by atoms with E-state index in [9.17, 15) is 4.79 Å². The first-order valence-corrected chi connectivity index (χ1v) is 7.36. The first-order valence-electron chi connectivity index (χ1n) is 6.55. The molecule has 0 spiro atoms. The first kappa shape index (κ1) is 14.7. The van der Waals surface area contributed by atoms with Gasteiger partial charge in [-0.25, -0.2) is 4.98 Å². The molecule has 0 aromatic carbocycles. The maximum Gasteiger partial charge on any atom is 0.271 e. The molecular weight excluding hydrogens is 276 g/mol. The Morgan fingerprint density at radius 2 is 2.40 bits per heavy atom. The SMILES string of the molecule is Cc1sc(-c2ccco2)nc1C(=O)NC(C)CCCO. The Balaban J connectivity index is 2.07. The minimum Gasteiger partial charge on any atom is -0.462 e. The van der Waals surface area contributed by atoms with Crippen molar-refractivity contribution < 1.29 is 14.3 Å². The van der Waals surface area contributed by atoms with Crippen molar-refractivity contribution in [1.82, 2.24) is 10.3 Å².